The van der Waals surface area contributed by atoms with Crippen LogP contribution in [0.15, 0.2) is 40.2 Å². The van der Waals surface area contributed by atoms with Crippen LogP contribution in [0.25, 0.3) is 11.0 Å². The highest BCUT2D eigenvalue weighted by atomic mass is 35.5. The summed E-state index contributed by atoms with van der Waals surface area (Å²) < 4.78 is 43.0. The number of rotatable bonds is 5. The minimum absolute atomic E-state index is 0.122. The summed E-state index contributed by atoms with van der Waals surface area (Å²) in [5.74, 6) is 1.82. The largest absolute Gasteiger partial charge is 0.388 e. The molecule has 5 rings (SSSR count). The summed E-state index contributed by atoms with van der Waals surface area (Å²) in [6, 6.07) is 4.45. The van der Waals surface area contributed by atoms with E-state index in [0.717, 1.165) is 12.5 Å². The van der Waals surface area contributed by atoms with E-state index in [1.165, 1.54) is 21.0 Å². The highest BCUT2D eigenvalue weighted by Crippen LogP contribution is 2.39. The van der Waals surface area contributed by atoms with Gasteiger partial charge in [0.2, 0.25) is 16.0 Å². The number of halogens is 2. The zero-order valence-electron chi connectivity index (χ0n) is 20.7. The molecule has 0 bridgehead atoms. The maximum absolute atomic E-state index is 14.3. The molecule has 0 radical (unpaired) electrons. The number of benzene rings is 1. The van der Waals surface area contributed by atoms with Gasteiger partial charge in [0.15, 0.2) is 0 Å². The van der Waals surface area contributed by atoms with E-state index >= 15 is 0 Å². The predicted molar refractivity (Wildman–Crippen MR) is 142 cm³/mol. The van der Waals surface area contributed by atoms with Crippen molar-refractivity contribution >= 4 is 38.6 Å². The first-order valence-electron chi connectivity index (χ1n) is 12.3. The number of nitrogens with zero attached hydrogens (tertiary/aromatic N) is 4. The van der Waals surface area contributed by atoms with Crippen LogP contribution in [0.1, 0.15) is 50.6 Å². The normalized spacial score (nSPS) is 23.0. The summed E-state index contributed by atoms with van der Waals surface area (Å²) in [6.45, 7) is 2.07. The Hall–Kier alpha value is -3.04. The third-order valence-corrected chi connectivity index (χ3v) is 9.58. The number of piperidine rings is 1. The number of hydrogen-bond donors (Lipinski definition) is 2. The van der Waals surface area contributed by atoms with Crippen molar-refractivity contribution in [3.63, 3.8) is 0 Å². The quantitative estimate of drug-likeness (QED) is 0.461. The lowest BCUT2D eigenvalue weighted by molar-refractivity contribution is 0.0266. The maximum atomic E-state index is 14.3. The first-order chi connectivity index (χ1) is 18.0. The van der Waals surface area contributed by atoms with Gasteiger partial charge in [-0.25, -0.2) is 17.8 Å². The Balaban J connectivity index is 1.38. The number of hydrogen-bond acceptors (Lipinski definition) is 7. The van der Waals surface area contributed by atoms with E-state index in [2.05, 4.69) is 21.2 Å². The molecule has 0 unspecified atom stereocenters. The second-order valence-corrected chi connectivity index (χ2v) is 12.4. The van der Waals surface area contributed by atoms with Gasteiger partial charge in [0.25, 0.3) is 5.56 Å². The smallest absolute Gasteiger partial charge is 0.268 e. The SMILES string of the molecule is C#Cc1cc2cnc(NC3CCN(S(=O)(=O)c4ccc(Cl)cc4F)CC3)nc2n([C@@H]2CCC[C@@]2(C)O)c1=O. The number of aliphatic hydroxyl groups is 1. The number of sulfonamides is 1. The number of aromatic nitrogens is 3. The predicted octanol–water partition coefficient (Wildman–Crippen LogP) is 3.31. The molecule has 200 valence electrons. The summed E-state index contributed by atoms with van der Waals surface area (Å²) in [5.41, 5.74) is -0.915. The Labute approximate surface area is 224 Å². The van der Waals surface area contributed by atoms with Gasteiger partial charge in [-0.1, -0.05) is 17.5 Å². The Bertz CT molecular complexity index is 1610. The molecule has 2 aromatic heterocycles. The van der Waals surface area contributed by atoms with Crippen molar-refractivity contribution in [2.45, 2.75) is 61.6 Å². The minimum Gasteiger partial charge on any atom is -0.388 e. The van der Waals surface area contributed by atoms with Gasteiger partial charge in [-0.3, -0.25) is 9.36 Å². The molecule has 1 aliphatic carbocycles. The molecule has 12 heteroatoms. The Morgan fingerprint density at radius 1 is 1.26 bits per heavy atom. The molecule has 2 fully saturated rings. The van der Waals surface area contributed by atoms with E-state index in [-0.39, 0.29) is 41.2 Å². The van der Waals surface area contributed by atoms with Gasteiger partial charge in [0, 0.05) is 35.7 Å². The van der Waals surface area contributed by atoms with Gasteiger partial charge >= 0.3 is 0 Å². The maximum Gasteiger partial charge on any atom is 0.268 e. The van der Waals surface area contributed by atoms with Gasteiger partial charge in [-0.05, 0) is 63.3 Å². The van der Waals surface area contributed by atoms with Crippen molar-refractivity contribution in [3.8, 4) is 12.3 Å². The van der Waals surface area contributed by atoms with E-state index in [0.29, 0.717) is 36.7 Å². The number of fused-ring (bicyclic) bond motifs is 1. The number of nitrogens with one attached hydrogen (secondary N) is 1. The molecule has 38 heavy (non-hydrogen) atoms. The van der Waals surface area contributed by atoms with Crippen LogP contribution >= 0.6 is 11.6 Å². The van der Waals surface area contributed by atoms with Crippen LogP contribution in [0.5, 0.6) is 0 Å². The van der Waals surface area contributed by atoms with Crippen LogP contribution in [0, 0.1) is 18.2 Å². The van der Waals surface area contributed by atoms with Crippen LogP contribution < -0.4 is 10.9 Å². The van der Waals surface area contributed by atoms with Crippen molar-refractivity contribution in [1.82, 2.24) is 18.8 Å². The molecule has 1 aliphatic heterocycles. The van der Waals surface area contributed by atoms with E-state index in [1.54, 1.807) is 19.2 Å². The molecular formula is C26H27ClFN5O4S. The Morgan fingerprint density at radius 3 is 2.63 bits per heavy atom. The van der Waals surface area contributed by atoms with E-state index in [4.69, 9.17) is 18.0 Å². The third kappa shape index (κ3) is 4.78. The second-order valence-electron chi connectivity index (χ2n) is 10.0. The van der Waals surface area contributed by atoms with Crippen LogP contribution in [-0.2, 0) is 10.0 Å². The zero-order valence-corrected chi connectivity index (χ0v) is 22.3. The summed E-state index contributed by atoms with van der Waals surface area (Å²) in [6.07, 6.45) is 9.97. The average molecular weight is 560 g/mol. The number of anilines is 1. The molecule has 1 saturated carbocycles. The van der Waals surface area contributed by atoms with E-state index in [9.17, 15) is 22.7 Å². The van der Waals surface area contributed by atoms with Crippen LogP contribution in [0.3, 0.4) is 0 Å². The highest BCUT2D eigenvalue weighted by Gasteiger charge is 2.40. The molecule has 9 nitrogen and oxygen atoms in total. The summed E-state index contributed by atoms with van der Waals surface area (Å²) in [4.78, 5) is 21.8. The van der Waals surface area contributed by atoms with Crippen molar-refractivity contribution in [2.75, 3.05) is 18.4 Å². The topological polar surface area (TPSA) is 117 Å². The lowest BCUT2D eigenvalue weighted by Gasteiger charge is -2.32. The van der Waals surface area contributed by atoms with Gasteiger partial charge in [-0.15, -0.1) is 6.42 Å². The molecule has 2 aliphatic rings. The van der Waals surface area contributed by atoms with Crippen molar-refractivity contribution in [1.29, 1.82) is 0 Å². The van der Waals surface area contributed by atoms with E-state index < -0.39 is 32.4 Å². The second kappa shape index (κ2) is 9.93. The molecule has 0 spiro atoms. The summed E-state index contributed by atoms with van der Waals surface area (Å²) >= 11 is 5.76. The van der Waals surface area contributed by atoms with Crippen molar-refractivity contribution in [2.24, 2.45) is 0 Å². The first-order valence-corrected chi connectivity index (χ1v) is 14.2. The van der Waals surface area contributed by atoms with Gasteiger partial charge in [-0.2, -0.15) is 9.29 Å². The average Bonchev–Trinajstić information content (AvgIpc) is 3.22. The fourth-order valence-corrected chi connectivity index (χ4v) is 7.04. The molecular weight excluding hydrogens is 533 g/mol. The number of terminal acetylenes is 1. The lowest BCUT2D eigenvalue weighted by atomic mass is 9.99. The van der Waals surface area contributed by atoms with Crippen molar-refractivity contribution in [3.05, 3.63) is 57.2 Å². The number of pyridine rings is 1. The molecule has 0 amide bonds. The van der Waals surface area contributed by atoms with Crippen LogP contribution in [0.2, 0.25) is 5.02 Å². The van der Waals surface area contributed by atoms with Crippen molar-refractivity contribution < 1.29 is 17.9 Å². The molecule has 3 heterocycles. The van der Waals surface area contributed by atoms with E-state index in [1.807, 2.05) is 0 Å². The zero-order chi connectivity index (χ0) is 27.2. The summed E-state index contributed by atoms with van der Waals surface area (Å²) in [5, 5.41) is 14.9. The Morgan fingerprint density at radius 2 is 2.00 bits per heavy atom. The fraction of sp³-hybridized carbons (Fsp3) is 0.423. The minimum atomic E-state index is -4.01. The highest BCUT2D eigenvalue weighted by molar-refractivity contribution is 7.89. The standard InChI is InChI=1S/C26H27ClFN5O4S/c1-3-16-13-17-15-29-25(31-23(17)33(24(16)34)22-5-4-10-26(22,2)35)30-19-8-11-32(12-9-19)38(36,37)21-7-6-18(27)14-20(21)28/h1,6-7,13-15,19,22,35H,4-5,8-12H2,2H3,(H,29,30,31)/t22-,26-/m1/s1. The molecule has 2 N–H and O–H groups in total. The molecule has 1 aromatic carbocycles. The van der Waals surface area contributed by atoms with Gasteiger partial charge in [0.1, 0.15) is 16.4 Å². The monoisotopic (exact) mass is 559 g/mol. The fourth-order valence-electron chi connectivity index (χ4n) is 5.37. The van der Waals surface area contributed by atoms with Gasteiger partial charge in [0.05, 0.1) is 17.2 Å². The molecule has 3 aromatic rings. The summed E-state index contributed by atoms with van der Waals surface area (Å²) in [7, 11) is -4.01. The van der Waals surface area contributed by atoms with Crippen LogP contribution in [0.4, 0.5) is 10.3 Å². The van der Waals surface area contributed by atoms with Crippen LogP contribution in [-0.4, -0.2) is 57.1 Å². The first kappa shape index (κ1) is 26.6. The molecule has 1 saturated heterocycles. The Kier molecular flexibility index (Phi) is 6.94. The van der Waals surface area contributed by atoms with Gasteiger partial charge < -0.3 is 10.4 Å². The lowest BCUT2D eigenvalue weighted by Crippen LogP contribution is -2.42. The molecule has 2 atom stereocenters. The third-order valence-electron chi connectivity index (χ3n) is 7.42.